The summed E-state index contributed by atoms with van der Waals surface area (Å²) in [6.45, 7) is 5.86. The zero-order valence-electron chi connectivity index (χ0n) is 10.3. The fraction of sp³-hybridized carbons (Fsp3) is 0.667. The summed E-state index contributed by atoms with van der Waals surface area (Å²) in [6.07, 6.45) is 2.18. The van der Waals surface area contributed by atoms with Crippen molar-refractivity contribution in [2.75, 3.05) is 24.6 Å². The van der Waals surface area contributed by atoms with Gasteiger partial charge in [-0.2, -0.15) is 0 Å². The van der Waals surface area contributed by atoms with Crippen molar-refractivity contribution in [3.63, 3.8) is 0 Å². The second kappa shape index (κ2) is 5.19. The molecule has 1 N–H and O–H groups in total. The van der Waals surface area contributed by atoms with E-state index in [4.69, 9.17) is 11.6 Å². The summed E-state index contributed by atoms with van der Waals surface area (Å²) < 4.78 is 0. The van der Waals surface area contributed by atoms with E-state index in [1.54, 1.807) is 0 Å². The highest BCUT2D eigenvalue weighted by Crippen LogP contribution is 2.27. The van der Waals surface area contributed by atoms with Gasteiger partial charge < -0.3 is 10.0 Å². The zero-order valence-corrected chi connectivity index (χ0v) is 11.0. The molecule has 1 saturated heterocycles. The van der Waals surface area contributed by atoms with Gasteiger partial charge in [-0.25, -0.2) is 9.97 Å². The van der Waals surface area contributed by atoms with Crippen molar-refractivity contribution < 1.29 is 5.11 Å². The van der Waals surface area contributed by atoms with E-state index in [9.17, 15) is 5.11 Å². The van der Waals surface area contributed by atoms with Gasteiger partial charge in [0, 0.05) is 25.3 Å². The molecule has 94 valence electrons. The minimum absolute atomic E-state index is 0.243. The van der Waals surface area contributed by atoms with Crippen LogP contribution in [0.5, 0.6) is 0 Å². The van der Waals surface area contributed by atoms with Crippen LogP contribution in [0.15, 0.2) is 0 Å². The quantitative estimate of drug-likeness (QED) is 0.821. The largest absolute Gasteiger partial charge is 0.396 e. The smallest absolute Gasteiger partial charge is 0.137 e. The van der Waals surface area contributed by atoms with Crippen molar-refractivity contribution in [2.45, 2.75) is 26.7 Å². The van der Waals surface area contributed by atoms with Gasteiger partial charge in [-0.3, -0.25) is 0 Å². The molecule has 0 bridgehead atoms. The molecule has 1 aromatic rings. The van der Waals surface area contributed by atoms with Gasteiger partial charge in [0.1, 0.15) is 16.8 Å². The molecule has 0 saturated carbocycles. The number of anilines is 1. The van der Waals surface area contributed by atoms with Crippen LogP contribution in [-0.2, 0) is 0 Å². The van der Waals surface area contributed by atoms with Crippen molar-refractivity contribution >= 4 is 17.4 Å². The van der Waals surface area contributed by atoms with Crippen LogP contribution < -0.4 is 4.90 Å². The molecule has 1 fully saturated rings. The Morgan fingerprint density at radius 1 is 1.41 bits per heavy atom. The SMILES string of the molecule is Cc1nc(Cl)c(C)c(N2CCCC(CO)C2)n1. The first-order valence-corrected chi connectivity index (χ1v) is 6.36. The number of hydrogen-bond donors (Lipinski definition) is 1. The number of aliphatic hydroxyl groups excluding tert-OH is 1. The number of hydrogen-bond acceptors (Lipinski definition) is 4. The summed E-state index contributed by atoms with van der Waals surface area (Å²) in [4.78, 5) is 10.8. The maximum absolute atomic E-state index is 9.25. The topological polar surface area (TPSA) is 49.2 Å². The van der Waals surface area contributed by atoms with E-state index in [0.29, 0.717) is 16.9 Å². The minimum Gasteiger partial charge on any atom is -0.396 e. The molecule has 1 aliphatic heterocycles. The van der Waals surface area contributed by atoms with Crippen molar-refractivity contribution in [1.29, 1.82) is 0 Å². The van der Waals surface area contributed by atoms with E-state index in [2.05, 4.69) is 14.9 Å². The fourth-order valence-electron chi connectivity index (χ4n) is 2.29. The van der Waals surface area contributed by atoms with Crippen LogP contribution in [0.4, 0.5) is 5.82 Å². The van der Waals surface area contributed by atoms with E-state index in [-0.39, 0.29) is 6.61 Å². The number of nitrogens with zero attached hydrogens (tertiary/aromatic N) is 3. The van der Waals surface area contributed by atoms with Crippen LogP contribution >= 0.6 is 11.6 Å². The highest BCUT2D eigenvalue weighted by Gasteiger charge is 2.22. The first-order chi connectivity index (χ1) is 8.11. The molecule has 0 radical (unpaired) electrons. The van der Waals surface area contributed by atoms with Crippen LogP contribution in [0.25, 0.3) is 0 Å². The van der Waals surface area contributed by atoms with Crippen LogP contribution in [0, 0.1) is 19.8 Å². The highest BCUT2D eigenvalue weighted by molar-refractivity contribution is 6.30. The summed E-state index contributed by atoms with van der Waals surface area (Å²) in [7, 11) is 0. The van der Waals surface area contributed by atoms with Gasteiger partial charge >= 0.3 is 0 Å². The molecule has 0 aliphatic carbocycles. The van der Waals surface area contributed by atoms with Crippen molar-refractivity contribution in [2.24, 2.45) is 5.92 Å². The Bertz CT molecular complexity index is 411. The second-order valence-electron chi connectivity index (χ2n) is 4.65. The van der Waals surface area contributed by atoms with Gasteiger partial charge in [-0.05, 0) is 32.6 Å². The lowest BCUT2D eigenvalue weighted by Crippen LogP contribution is -2.37. The minimum atomic E-state index is 0.243. The Kier molecular flexibility index (Phi) is 3.84. The maximum Gasteiger partial charge on any atom is 0.137 e. The molecule has 0 spiro atoms. The Balaban J connectivity index is 2.27. The van der Waals surface area contributed by atoms with E-state index >= 15 is 0 Å². The molecule has 1 unspecified atom stereocenters. The molecule has 2 heterocycles. The normalized spacial score (nSPS) is 20.7. The molecular formula is C12H18ClN3O. The summed E-state index contributed by atoms with van der Waals surface area (Å²) in [5, 5.41) is 9.78. The van der Waals surface area contributed by atoms with E-state index in [0.717, 1.165) is 37.3 Å². The summed E-state index contributed by atoms with van der Waals surface area (Å²) in [5.74, 6) is 1.96. The standard InChI is InChI=1S/C12H18ClN3O/c1-8-11(13)14-9(2)15-12(8)16-5-3-4-10(6-16)7-17/h10,17H,3-7H2,1-2H3. The number of aryl methyl sites for hydroxylation is 1. The van der Waals surface area contributed by atoms with Crippen LogP contribution in [0.2, 0.25) is 5.15 Å². The number of aliphatic hydroxyl groups is 1. The lowest BCUT2D eigenvalue weighted by Gasteiger charge is -2.33. The first kappa shape index (κ1) is 12.6. The molecule has 1 atom stereocenters. The predicted molar refractivity (Wildman–Crippen MR) is 68.5 cm³/mol. The van der Waals surface area contributed by atoms with Crippen LogP contribution in [0.3, 0.4) is 0 Å². The number of rotatable bonds is 2. The Morgan fingerprint density at radius 2 is 2.18 bits per heavy atom. The molecule has 1 aliphatic rings. The molecule has 0 aromatic carbocycles. The van der Waals surface area contributed by atoms with Crippen LogP contribution in [0.1, 0.15) is 24.2 Å². The first-order valence-electron chi connectivity index (χ1n) is 5.98. The number of piperidine rings is 1. The van der Waals surface area contributed by atoms with E-state index in [1.165, 1.54) is 0 Å². The number of aromatic nitrogens is 2. The fourth-order valence-corrected chi connectivity index (χ4v) is 2.50. The van der Waals surface area contributed by atoms with Gasteiger partial charge in [0.2, 0.25) is 0 Å². The average Bonchev–Trinajstić information content (AvgIpc) is 2.34. The van der Waals surface area contributed by atoms with Gasteiger partial charge in [-0.15, -0.1) is 0 Å². The maximum atomic E-state index is 9.25. The van der Waals surface area contributed by atoms with E-state index < -0.39 is 0 Å². The van der Waals surface area contributed by atoms with Crippen molar-refractivity contribution in [1.82, 2.24) is 9.97 Å². The van der Waals surface area contributed by atoms with E-state index in [1.807, 2.05) is 13.8 Å². The predicted octanol–water partition coefficient (Wildman–Crippen LogP) is 1.96. The van der Waals surface area contributed by atoms with Gasteiger partial charge in [-0.1, -0.05) is 11.6 Å². The Morgan fingerprint density at radius 3 is 2.88 bits per heavy atom. The highest BCUT2D eigenvalue weighted by atomic mass is 35.5. The van der Waals surface area contributed by atoms with Gasteiger partial charge in [0.25, 0.3) is 0 Å². The molecule has 4 nitrogen and oxygen atoms in total. The second-order valence-corrected chi connectivity index (χ2v) is 5.01. The van der Waals surface area contributed by atoms with Gasteiger partial charge in [0.15, 0.2) is 0 Å². The Labute approximate surface area is 107 Å². The summed E-state index contributed by atoms with van der Waals surface area (Å²) >= 11 is 6.08. The third-order valence-corrected chi connectivity index (χ3v) is 3.62. The van der Waals surface area contributed by atoms with Crippen LogP contribution in [-0.4, -0.2) is 34.8 Å². The number of halogens is 1. The van der Waals surface area contributed by atoms with Crippen molar-refractivity contribution in [3.05, 3.63) is 16.5 Å². The third kappa shape index (κ3) is 2.69. The zero-order chi connectivity index (χ0) is 12.4. The lowest BCUT2D eigenvalue weighted by atomic mass is 9.99. The summed E-state index contributed by atoms with van der Waals surface area (Å²) in [5.41, 5.74) is 0.927. The van der Waals surface area contributed by atoms with Gasteiger partial charge in [0.05, 0.1) is 0 Å². The average molecular weight is 256 g/mol. The molecule has 0 amide bonds. The molecule has 5 heteroatoms. The third-order valence-electron chi connectivity index (χ3n) is 3.25. The molecule has 2 rings (SSSR count). The lowest BCUT2D eigenvalue weighted by molar-refractivity contribution is 0.208. The monoisotopic (exact) mass is 255 g/mol. The summed E-state index contributed by atoms with van der Waals surface area (Å²) in [6, 6.07) is 0. The van der Waals surface area contributed by atoms with Crippen molar-refractivity contribution in [3.8, 4) is 0 Å². The molecule has 17 heavy (non-hydrogen) atoms. The molecular weight excluding hydrogens is 238 g/mol. The Hall–Kier alpha value is -0.870. The molecule has 1 aromatic heterocycles.